The molecule has 1 unspecified atom stereocenters. The van der Waals surface area contributed by atoms with Crippen LogP contribution in [0, 0.1) is 5.82 Å². The Balaban J connectivity index is 2.07. The lowest BCUT2D eigenvalue weighted by Crippen LogP contribution is -2.45. The van der Waals surface area contributed by atoms with E-state index in [0.717, 1.165) is 11.3 Å². The van der Waals surface area contributed by atoms with Gasteiger partial charge in [-0.15, -0.1) is 0 Å². The summed E-state index contributed by atoms with van der Waals surface area (Å²) in [5, 5.41) is 11.8. The molecule has 1 atom stereocenters. The van der Waals surface area contributed by atoms with Gasteiger partial charge in [-0.25, -0.2) is 14.0 Å². The summed E-state index contributed by atoms with van der Waals surface area (Å²) in [6.45, 7) is 5.59. The van der Waals surface area contributed by atoms with E-state index < -0.39 is 23.7 Å². The molecular weight excluding hydrogens is 339 g/mol. The molecule has 0 saturated carbocycles. The first-order chi connectivity index (χ1) is 12.1. The summed E-state index contributed by atoms with van der Waals surface area (Å²) in [5.74, 6) is -1.46. The molecule has 0 spiro atoms. The molecule has 1 aromatic heterocycles. The molecular formula is C19H23FN2O4. The smallest absolute Gasteiger partial charge is 0.408 e. The zero-order valence-electron chi connectivity index (χ0n) is 15.0. The second-order valence-corrected chi connectivity index (χ2v) is 7.00. The standard InChI is InChI=1S/C19H23FN2O4/c1-19(2,3)26-18(25)21-16(17(23)24)11-15-5-4-10-22(15)12-13-6-8-14(20)9-7-13/h4-10,16H,11-12H2,1-3H3,(H,21,25)(H,23,24). The molecule has 2 aromatic rings. The van der Waals surface area contributed by atoms with Crippen molar-refractivity contribution in [3.8, 4) is 0 Å². The highest BCUT2D eigenvalue weighted by Crippen LogP contribution is 2.12. The zero-order valence-corrected chi connectivity index (χ0v) is 15.0. The van der Waals surface area contributed by atoms with E-state index in [1.165, 1.54) is 12.1 Å². The predicted octanol–water partition coefficient (Wildman–Crippen LogP) is 3.20. The molecule has 2 N–H and O–H groups in total. The summed E-state index contributed by atoms with van der Waals surface area (Å²) in [4.78, 5) is 23.4. The van der Waals surface area contributed by atoms with Crippen LogP contribution in [-0.4, -0.2) is 33.4 Å². The number of aromatic nitrogens is 1. The maximum Gasteiger partial charge on any atom is 0.408 e. The van der Waals surface area contributed by atoms with Crippen LogP contribution in [-0.2, 0) is 22.5 Å². The fraction of sp³-hybridized carbons (Fsp3) is 0.368. The number of benzene rings is 1. The van der Waals surface area contributed by atoms with Gasteiger partial charge >= 0.3 is 12.1 Å². The van der Waals surface area contributed by atoms with Gasteiger partial charge in [-0.1, -0.05) is 12.1 Å². The molecule has 26 heavy (non-hydrogen) atoms. The Morgan fingerprint density at radius 1 is 1.23 bits per heavy atom. The highest BCUT2D eigenvalue weighted by molar-refractivity contribution is 5.80. The number of rotatable bonds is 6. The molecule has 0 radical (unpaired) electrons. The number of amides is 1. The quantitative estimate of drug-likeness (QED) is 0.827. The summed E-state index contributed by atoms with van der Waals surface area (Å²) in [6, 6.07) is 8.57. The van der Waals surface area contributed by atoms with E-state index in [9.17, 15) is 19.1 Å². The summed E-state index contributed by atoms with van der Waals surface area (Å²) in [6.07, 6.45) is 1.13. The van der Waals surface area contributed by atoms with Crippen molar-refractivity contribution in [1.29, 1.82) is 0 Å². The van der Waals surface area contributed by atoms with Gasteiger partial charge in [0.05, 0.1) is 0 Å². The van der Waals surface area contributed by atoms with Crippen LogP contribution < -0.4 is 5.32 Å². The molecule has 0 aliphatic carbocycles. The van der Waals surface area contributed by atoms with E-state index in [1.807, 2.05) is 10.8 Å². The van der Waals surface area contributed by atoms with E-state index in [-0.39, 0.29) is 12.2 Å². The van der Waals surface area contributed by atoms with Crippen LogP contribution in [0.3, 0.4) is 0 Å². The number of nitrogens with one attached hydrogen (secondary N) is 1. The molecule has 0 saturated heterocycles. The Labute approximate surface area is 151 Å². The fourth-order valence-corrected chi connectivity index (χ4v) is 2.43. The van der Waals surface area contributed by atoms with Gasteiger partial charge < -0.3 is 19.7 Å². The number of hydrogen-bond acceptors (Lipinski definition) is 3. The van der Waals surface area contributed by atoms with Gasteiger partial charge in [0.25, 0.3) is 0 Å². The van der Waals surface area contributed by atoms with Crippen molar-refractivity contribution in [3.05, 3.63) is 59.7 Å². The number of nitrogens with zero attached hydrogens (tertiary/aromatic N) is 1. The van der Waals surface area contributed by atoms with Gasteiger partial charge in [-0.2, -0.15) is 0 Å². The van der Waals surface area contributed by atoms with E-state index >= 15 is 0 Å². The van der Waals surface area contributed by atoms with Crippen molar-refractivity contribution in [1.82, 2.24) is 9.88 Å². The first-order valence-corrected chi connectivity index (χ1v) is 8.25. The van der Waals surface area contributed by atoms with Crippen LogP contribution in [0.1, 0.15) is 32.0 Å². The molecule has 1 heterocycles. The minimum atomic E-state index is -1.15. The summed E-state index contributed by atoms with van der Waals surface area (Å²) < 4.78 is 20.0. The second-order valence-electron chi connectivity index (χ2n) is 7.00. The third-order valence-corrected chi connectivity index (χ3v) is 3.59. The number of carboxylic acids is 1. The normalized spacial score (nSPS) is 12.5. The monoisotopic (exact) mass is 362 g/mol. The lowest BCUT2D eigenvalue weighted by molar-refractivity contribution is -0.139. The van der Waals surface area contributed by atoms with Crippen molar-refractivity contribution in [2.75, 3.05) is 0 Å². The molecule has 0 bridgehead atoms. The topological polar surface area (TPSA) is 80.6 Å². The lowest BCUT2D eigenvalue weighted by Gasteiger charge is -2.22. The highest BCUT2D eigenvalue weighted by Gasteiger charge is 2.25. The molecule has 7 heteroatoms. The third kappa shape index (κ3) is 5.91. The number of carbonyl (C=O) groups is 2. The average Bonchev–Trinajstić information content (AvgIpc) is 2.94. The van der Waals surface area contributed by atoms with E-state index in [2.05, 4.69) is 5.32 Å². The van der Waals surface area contributed by atoms with Gasteiger partial charge in [0.2, 0.25) is 0 Å². The minimum absolute atomic E-state index is 0.1000. The van der Waals surface area contributed by atoms with Gasteiger partial charge in [-0.05, 0) is 50.6 Å². The largest absolute Gasteiger partial charge is 0.480 e. The van der Waals surface area contributed by atoms with E-state index in [4.69, 9.17) is 4.74 Å². The van der Waals surface area contributed by atoms with Crippen molar-refractivity contribution in [2.24, 2.45) is 0 Å². The molecule has 140 valence electrons. The van der Waals surface area contributed by atoms with Crippen LogP contribution >= 0.6 is 0 Å². The molecule has 2 rings (SSSR count). The van der Waals surface area contributed by atoms with Crippen LogP contribution in [0.15, 0.2) is 42.6 Å². The first kappa shape index (κ1) is 19.5. The number of carboxylic acid groups (broad SMARTS) is 1. The molecule has 0 fully saturated rings. The van der Waals surface area contributed by atoms with Crippen LogP contribution in [0.5, 0.6) is 0 Å². The Kier molecular flexibility index (Phi) is 6.02. The van der Waals surface area contributed by atoms with Gasteiger partial charge in [0, 0.05) is 24.9 Å². The second kappa shape index (κ2) is 8.03. The van der Waals surface area contributed by atoms with E-state index in [0.29, 0.717) is 6.54 Å². The summed E-state index contributed by atoms with van der Waals surface area (Å²) in [7, 11) is 0. The molecule has 1 aromatic carbocycles. The number of alkyl carbamates (subject to hydrolysis) is 1. The van der Waals surface area contributed by atoms with Crippen molar-refractivity contribution in [3.63, 3.8) is 0 Å². The van der Waals surface area contributed by atoms with Crippen LogP contribution in [0.4, 0.5) is 9.18 Å². The molecule has 1 amide bonds. The summed E-state index contributed by atoms with van der Waals surface area (Å²) in [5.41, 5.74) is 0.907. The van der Waals surface area contributed by atoms with Gasteiger partial charge in [-0.3, -0.25) is 0 Å². The third-order valence-electron chi connectivity index (χ3n) is 3.59. The fourth-order valence-electron chi connectivity index (χ4n) is 2.43. The van der Waals surface area contributed by atoms with Crippen molar-refractivity contribution < 1.29 is 23.8 Å². The number of ether oxygens (including phenoxy) is 1. The molecule has 0 aliphatic heterocycles. The van der Waals surface area contributed by atoms with Crippen LogP contribution in [0.2, 0.25) is 0 Å². The Bertz CT molecular complexity index is 763. The maximum atomic E-state index is 13.0. The molecule has 0 aliphatic rings. The number of hydrogen-bond donors (Lipinski definition) is 2. The Morgan fingerprint density at radius 3 is 2.46 bits per heavy atom. The van der Waals surface area contributed by atoms with Crippen molar-refractivity contribution >= 4 is 12.1 Å². The predicted molar refractivity (Wildman–Crippen MR) is 94.4 cm³/mol. The van der Waals surface area contributed by atoms with Crippen molar-refractivity contribution in [2.45, 2.75) is 45.4 Å². The molecule has 6 nitrogen and oxygen atoms in total. The maximum absolute atomic E-state index is 13.0. The Morgan fingerprint density at radius 2 is 1.88 bits per heavy atom. The Hall–Kier alpha value is -2.83. The number of aliphatic carboxylic acids is 1. The minimum Gasteiger partial charge on any atom is -0.480 e. The van der Waals surface area contributed by atoms with Gasteiger partial charge in [0.15, 0.2) is 0 Å². The highest BCUT2D eigenvalue weighted by atomic mass is 19.1. The van der Waals surface area contributed by atoms with Crippen LogP contribution in [0.25, 0.3) is 0 Å². The zero-order chi connectivity index (χ0) is 19.3. The van der Waals surface area contributed by atoms with E-state index in [1.54, 1.807) is 45.0 Å². The SMILES string of the molecule is CC(C)(C)OC(=O)NC(Cc1cccn1Cc1ccc(F)cc1)C(=O)O. The number of halogens is 1. The first-order valence-electron chi connectivity index (χ1n) is 8.25. The average molecular weight is 362 g/mol. The summed E-state index contributed by atoms with van der Waals surface area (Å²) >= 11 is 0. The van der Waals surface area contributed by atoms with Gasteiger partial charge in [0.1, 0.15) is 17.5 Å². The number of carbonyl (C=O) groups excluding carboxylic acids is 1. The lowest BCUT2D eigenvalue weighted by atomic mass is 10.1.